The van der Waals surface area contributed by atoms with Crippen LogP contribution in [0.25, 0.3) is 33.4 Å². The first-order valence-corrected chi connectivity index (χ1v) is 47.8. The maximum absolute atomic E-state index is 14.2. The van der Waals surface area contributed by atoms with Crippen molar-refractivity contribution in [3.8, 4) is 11.6 Å². The van der Waals surface area contributed by atoms with E-state index in [2.05, 4.69) is 65.9 Å². The second kappa shape index (κ2) is 43.8. The molecule has 6 aliphatic rings. The molecule has 0 atom stereocenters. The van der Waals surface area contributed by atoms with Crippen LogP contribution in [0.15, 0.2) is 185 Å². The van der Waals surface area contributed by atoms with Gasteiger partial charge < -0.3 is 70.5 Å². The van der Waals surface area contributed by atoms with Gasteiger partial charge in [0.2, 0.25) is 47.9 Å². The van der Waals surface area contributed by atoms with Crippen LogP contribution in [0, 0.1) is 49.4 Å². The minimum atomic E-state index is -3.83. The van der Waals surface area contributed by atoms with Crippen LogP contribution in [0.4, 0.5) is 53.3 Å². The number of amides is 2. The normalized spacial score (nSPS) is 16.9. The molecule has 0 radical (unpaired) electrons. The molecule has 0 unspecified atom stereocenters. The predicted molar refractivity (Wildman–Crippen MR) is 485 cm³/mol. The van der Waals surface area contributed by atoms with Gasteiger partial charge in [0.25, 0.3) is 0 Å². The molecule has 684 valence electrons. The largest absolute Gasteiger partial charge is 0.444 e. The third-order valence-corrected chi connectivity index (χ3v) is 29.3. The summed E-state index contributed by atoms with van der Waals surface area (Å²) in [5.41, 5.74) is 2.19. The Morgan fingerprint density at radius 1 is 0.441 bits per heavy atom. The van der Waals surface area contributed by atoms with E-state index in [-0.39, 0.29) is 101 Å². The van der Waals surface area contributed by atoms with Gasteiger partial charge in [0, 0.05) is 180 Å². The third-order valence-electron chi connectivity index (χ3n) is 23.2. The Bertz CT molecular complexity index is 5670. The number of hydrogen-bond donors (Lipinski definition) is 5. The molecule has 0 saturated carbocycles. The Hall–Kier alpha value is -8.70. The number of carbonyl (C=O) groups excluding carboxylic acids is 2. The molecule has 5 aromatic carbocycles. The van der Waals surface area contributed by atoms with E-state index in [4.69, 9.17) is 21.1 Å². The molecule has 5 aromatic heterocycles. The molecule has 0 bridgehead atoms. The number of anilines is 6. The van der Waals surface area contributed by atoms with E-state index in [1.54, 1.807) is 178 Å². The molecule has 2 amide bonds. The summed E-state index contributed by atoms with van der Waals surface area (Å²) >= 11 is 5.93. The first-order chi connectivity index (χ1) is 60.0. The molecule has 0 spiro atoms. The Kier molecular flexibility index (Phi) is 33.6. The molecule has 7 N–H and O–H groups in total. The number of benzene rings is 5. The minimum Gasteiger partial charge on any atom is -0.444 e. The minimum absolute atomic E-state index is 0. The van der Waals surface area contributed by atoms with Crippen molar-refractivity contribution in [2.24, 2.45) is 0 Å². The fourth-order valence-electron chi connectivity index (χ4n) is 16.7. The summed E-state index contributed by atoms with van der Waals surface area (Å²) in [6.07, 6.45) is 18.3. The number of likely N-dealkylation sites (tertiary alicyclic amines) is 5. The SMILES string of the molecule is CC(C)(C)OC(=O)N1CCC(N(CCN2CCCC2)S(=O)(=O)c2ccc(Nc3nccc(-n4ccc5c(F)cccc54)n3)cc2)CC1.CC(C)(C)OC(=O)N1CCC(N(CCN2CCCC2)S(=O)(=O)c2ccc(Nc3nccc(Cl)n3)cc2)CC1.N.O=S(=O)(c1ccc(Nc2nccc(-n3ccc4c(F)cccc43)n2)cc1)N(CCN1CCCC1)C1CCNCC1.[Ar]. The number of aromatic nitrogens is 8. The Morgan fingerprint density at radius 3 is 1.08 bits per heavy atom. The van der Waals surface area contributed by atoms with Crippen molar-refractivity contribution in [2.75, 3.05) is 134 Å². The van der Waals surface area contributed by atoms with Gasteiger partial charge in [0.1, 0.15) is 39.6 Å². The summed E-state index contributed by atoms with van der Waals surface area (Å²) in [5, 5.41) is 14.0. The molecule has 0 aliphatic carbocycles. The molecule has 6 saturated heterocycles. The zero-order chi connectivity index (χ0) is 88.1. The van der Waals surface area contributed by atoms with Crippen molar-refractivity contribution < 1.29 is 90.8 Å². The van der Waals surface area contributed by atoms with Gasteiger partial charge in [-0.2, -0.15) is 22.9 Å². The first kappa shape index (κ1) is 97.4. The third kappa shape index (κ3) is 25.5. The van der Waals surface area contributed by atoms with Crippen molar-refractivity contribution in [3.63, 3.8) is 0 Å². The number of ether oxygens (including phenoxy) is 2. The van der Waals surface area contributed by atoms with E-state index in [1.165, 1.54) is 25.0 Å². The van der Waals surface area contributed by atoms with Gasteiger partial charge in [-0.1, -0.05) is 23.7 Å². The summed E-state index contributed by atoms with van der Waals surface area (Å²) in [4.78, 5) is 62.3. The average molecular weight is 1850 g/mol. The van der Waals surface area contributed by atoms with Crippen molar-refractivity contribution >= 4 is 111 Å². The quantitative estimate of drug-likeness (QED) is 0.0314. The number of rotatable bonds is 26. The second-order valence-electron chi connectivity index (χ2n) is 34.2. The van der Waals surface area contributed by atoms with E-state index in [1.807, 2.05) is 53.7 Å². The van der Waals surface area contributed by atoms with Crippen LogP contribution in [-0.4, -0.2) is 261 Å². The van der Waals surface area contributed by atoms with E-state index in [0.29, 0.717) is 158 Å². The van der Waals surface area contributed by atoms with E-state index in [9.17, 15) is 43.6 Å². The van der Waals surface area contributed by atoms with Crippen molar-refractivity contribution in [2.45, 2.75) is 163 Å². The number of sulfonamides is 3. The van der Waals surface area contributed by atoms with Crippen molar-refractivity contribution in [1.29, 1.82) is 0 Å². The Balaban J connectivity index is 0.000000173. The maximum Gasteiger partial charge on any atom is 0.410 e. The Labute approximate surface area is 778 Å². The summed E-state index contributed by atoms with van der Waals surface area (Å²) in [6.45, 7) is 23.9. The van der Waals surface area contributed by atoms with Crippen LogP contribution in [-0.2, 0) is 39.5 Å². The number of fused-ring (bicyclic) bond motifs is 2. The number of piperidine rings is 3. The number of nitrogens with zero attached hydrogens (tertiary/aromatic N) is 16. The molecular weight excluding hydrogens is 1730 g/mol. The zero-order valence-corrected chi connectivity index (χ0v) is 76.7. The van der Waals surface area contributed by atoms with Gasteiger partial charge in [0.15, 0.2) is 0 Å². The molecular formula is C89H116ArClF2N21O10S3. The average Bonchev–Trinajstić information content (AvgIpc) is 1.63. The fourth-order valence-corrected chi connectivity index (χ4v) is 21.9. The summed E-state index contributed by atoms with van der Waals surface area (Å²) in [5.74, 6) is 1.57. The molecule has 38 heteroatoms. The summed E-state index contributed by atoms with van der Waals surface area (Å²) in [6, 6.07) is 37.9. The second-order valence-corrected chi connectivity index (χ2v) is 40.3. The predicted octanol–water partition coefficient (Wildman–Crippen LogP) is 14.5. The summed E-state index contributed by atoms with van der Waals surface area (Å²) < 4.78 is 132. The van der Waals surface area contributed by atoms with Gasteiger partial charge in [0.05, 0.1) is 25.7 Å². The molecule has 6 aliphatic heterocycles. The van der Waals surface area contributed by atoms with Gasteiger partial charge in [-0.25, -0.2) is 63.6 Å². The van der Waals surface area contributed by atoms with Crippen molar-refractivity contribution in [3.05, 3.63) is 187 Å². The number of hydrogen-bond acceptors (Lipinski definition) is 24. The molecule has 10 aromatic rings. The van der Waals surface area contributed by atoms with Crippen LogP contribution in [0.1, 0.15) is 119 Å². The fraction of sp³-hybridized carbons (Fsp3) is 0.461. The molecule has 11 heterocycles. The van der Waals surface area contributed by atoms with E-state index >= 15 is 0 Å². The van der Waals surface area contributed by atoms with Crippen LogP contribution in [0.3, 0.4) is 0 Å². The summed E-state index contributed by atoms with van der Waals surface area (Å²) in [7, 11) is -11.3. The standard InChI is InChI=1S/C34H42FN7O4S.C29H34FN7O2S.C26H37ClN6O4S.Ar.H3N/c1-34(2,3)46-33(43)40-20-14-26(15-21-40)42(24-23-39-18-4-5-19-39)47(44,45)27-11-9-25(10-12-27)37-32-36-17-13-31(38-32)41-22-16-28-29(35)7-6-8-30(28)41;30-26-4-3-5-27-25(26)13-19-36(27)28-12-16-32-29(34-28)33-22-6-8-24(9-7-22)40(38,39)37(23-10-14-31-15-11-23)21-20-35-17-1-2-18-35;1-26(2,3)37-25(34)32-16-11-21(12-17-32)33(19-18-31-14-4-5-15-31)38(35,36)22-8-6-20(7-9-22)29-24-28-13-10-23(27)30-24;;/h6-13,16-17,22,26H,4-5,14-15,18-21,23-24H2,1-3H3,(H,36,37,38);3-9,12-13,16,19,23,31H,1-2,10-11,14-15,17-18,20-21H2,(H,32,33,34);6-10,13,21H,4-5,11-12,14-19H2,1-3H3,(H,28,29,30);;1H3. The van der Waals surface area contributed by atoms with Crippen LogP contribution >= 0.6 is 11.6 Å². The first-order valence-electron chi connectivity index (χ1n) is 43.1. The number of halogens is 3. The van der Waals surface area contributed by atoms with Gasteiger partial charge in [-0.15, -0.1) is 0 Å². The van der Waals surface area contributed by atoms with E-state index < -0.39 is 41.3 Å². The molecule has 6 fully saturated rings. The Morgan fingerprint density at radius 2 is 0.756 bits per heavy atom. The number of carbonyl (C=O) groups is 2. The van der Waals surface area contributed by atoms with Gasteiger partial charge in [-0.05, 0) is 298 Å². The van der Waals surface area contributed by atoms with E-state index in [0.717, 1.165) is 97.4 Å². The van der Waals surface area contributed by atoms with Crippen molar-refractivity contribution in [1.82, 2.24) is 87.9 Å². The monoisotopic (exact) mass is 1850 g/mol. The van der Waals surface area contributed by atoms with Gasteiger partial charge in [-0.3, -0.25) is 0 Å². The molecule has 16 rings (SSSR count). The van der Waals surface area contributed by atoms with Crippen LogP contribution < -0.4 is 27.4 Å². The maximum atomic E-state index is 14.2. The number of nitrogens with one attached hydrogen (secondary N) is 4. The zero-order valence-electron chi connectivity index (χ0n) is 72.8. The van der Waals surface area contributed by atoms with Crippen LogP contribution in [0.2, 0.25) is 5.15 Å². The molecule has 127 heavy (non-hydrogen) atoms. The van der Waals surface area contributed by atoms with Gasteiger partial charge >= 0.3 is 12.2 Å². The molecule has 31 nitrogen and oxygen atoms in total. The smallest absolute Gasteiger partial charge is 0.410 e. The van der Waals surface area contributed by atoms with Crippen LogP contribution in [0.5, 0.6) is 0 Å². The topological polar surface area (TPSA) is 351 Å².